The van der Waals surface area contributed by atoms with Gasteiger partial charge >= 0.3 is 11.9 Å². The average Bonchev–Trinajstić information content (AvgIpc) is 2.66. The van der Waals surface area contributed by atoms with E-state index in [9.17, 15) is 4.79 Å². The normalized spacial score (nSPS) is 10.7. The second-order valence-corrected chi connectivity index (χ2v) is 7.54. The van der Waals surface area contributed by atoms with Gasteiger partial charge in [0.1, 0.15) is 6.61 Å². The first-order chi connectivity index (χ1) is 13.5. The number of rotatable bonds is 16. The van der Waals surface area contributed by atoms with E-state index >= 15 is 0 Å². The third-order valence-electron chi connectivity index (χ3n) is 4.95. The molecule has 0 fully saturated rings. The number of hydrogen-bond acceptors (Lipinski definition) is 5. The molecule has 6 nitrogen and oxygen atoms in total. The van der Waals surface area contributed by atoms with Crippen molar-refractivity contribution in [2.45, 2.75) is 85.0 Å². The van der Waals surface area contributed by atoms with Crippen molar-refractivity contribution >= 4 is 17.7 Å². The molecule has 1 aromatic heterocycles. The van der Waals surface area contributed by atoms with Crippen LogP contribution in [0.4, 0.5) is 11.8 Å². The lowest BCUT2D eigenvalue weighted by atomic mass is 10.1. The molecular weight excluding hydrogens is 352 g/mol. The lowest BCUT2D eigenvalue weighted by Gasteiger charge is -2.09. The summed E-state index contributed by atoms with van der Waals surface area (Å²) in [5.41, 5.74) is 1.12. The third-order valence-corrected chi connectivity index (χ3v) is 4.95. The van der Waals surface area contributed by atoms with Crippen molar-refractivity contribution in [3.8, 4) is 0 Å². The second kappa shape index (κ2) is 15.1. The van der Waals surface area contributed by atoms with Crippen LogP contribution in [0.2, 0.25) is 0 Å². The van der Waals surface area contributed by atoms with E-state index in [0.717, 1.165) is 24.0 Å². The van der Waals surface area contributed by atoms with Crippen LogP contribution in [0.15, 0.2) is 6.07 Å². The van der Waals surface area contributed by atoms with Gasteiger partial charge in [-0.25, -0.2) is 4.57 Å². The molecule has 0 aromatic carbocycles. The largest absolute Gasteiger partial charge is 0.463 e. The zero-order chi connectivity index (χ0) is 20.6. The highest BCUT2D eigenvalue weighted by molar-refractivity contribution is 5.65. The van der Waals surface area contributed by atoms with Crippen molar-refractivity contribution in [2.24, 2.45) is 7.05 Å². The van der Waals surface area contributed by atoms with Gasteiger partial charge in [0.2, 0.25) is 5.82 Å². The predicted octanol–water partition coefficient (Wildman–Crippen LogP) is 4.52. The molecule has 2 N–H and O–H groups in total. The molecule has 0 radical (unpaired) electrons. The first-order valence-corrected chi connectivity index (χ1v) is 11.0. The van der Waals surface area contributed by atoms with E-state index in [1.807, 2.05) is 11.6 Å². The van der Waals surface area contributed by atoms with Crippen LogP contribution in [0, 0.1) is 6.92 Å². The first kappa shape index (κ1) is 24.2. The molecule has 0 saturated carbocycles. The van der Waals surface area contributed by atoms with Crippen LogP contribution in [0.3, 0.4) is 0 Å². The Morgan fingerprint density at radius 1 is 1.00 bits per heavy atom. The summed E-state index contributed by atoms with van der Waals surface area (Å²) in [6.45, 7) is 7.58. The standard InChI is InChI=1S/C22H40N4O2/c1-5-6-7-8-9-10-11-12-13-14-15-23-21-18-19(2)26(4)22(25-21)24-16-17-28-20(3)27/h18H,5-17H2,1-4H3,(H,23,24,25)/p+1. The highest BCUT2D eigenvalue weighted by atomic mass is 16.5. The minimum absolute atomic E-state index is 0.262. The summed E-state index contributed by atoms with van der Waals surface area (Å²) in [7, 11) is 1.97. The van der Waals surface area contributed by atoms with Crippen molar-refractivity contribution in [1.82, 2.24) is 4.98 Å². The average molecular weight is 394 g/mol. The third kappa shape index (κ3) is 11.1. The molecule has 6 heteroatoms. The van der Waals surface area contributed by atoms with Crippen molar-refractivity contribution in [1.29, 1.82) is 0 Å². The Morgan fingerprint density at radius 3 is 2.21 bits per heavy atom. The number of nitrogens with zero attached hydrogens (tertiary/aromatic N) is 2. The Labute approximate surface area is 171 Å². The summed E-state index contributed by atoms with van der Waals surface area (Å²) in [5, 5.41) is 6.66. The Balaban J connectivity index is 2.20. The summed E-state index contributed by atoms with van der Waals surface area (Å²) in [5.74, 6) is 1.40. The van der Waals surface area contributed by atoms with E-state index in [2.05, 4.69) is 35.5 Å². The minimum Gasteiger partial charge on any atom is -0.463 e. The molecule has 1 aromatic rings. The molecule has 1 heterocycles. The lowest BCUT2D eigenvalue weighted by molar-refractivity contribution is -0.665. The summed E-state index contributed by atoms with van der Waals surface area (Å²) >= 11 is 0. The van der Waals surface area contributed by atoms with Gasteiger partial charge < -0.3 is 10.1 Å². The van der Waals surface area contributed by atoms with E-state index in [1.165, 1.54) is 71.1 Å². The second-order valence-electron chi connectivity index (χ2n) is 7.54. The molecule has 1 rings (SSSR count). The van der Waals surface area contributed by atoms with Gasteiger partial charge in [-0.3, -0.25) is 10.1 Å². The fraction of sp³-hybridized carbons (Fsp3) is 0.773. The van der Waals surface area contributed by atoms with Crippen LogP contribution in [0.1, 0.15) is 83.7 Å². The highest BCUT2D eigenvalue weighted by Crippen LogP contribution is 2.11. The van der Waals surface area contributed by atoms with Gasteiger partial charge in [-0.05, 0) is 13.3 Å². The van der Waals surface area contributed by atoms with Gasteiger partial charge in [-0.2, -0.15) is 0 Å². The molecular formula is C22H41N4O2+. The number of esters is 1. The zero-order valence-electron chi connectivity index (χ0n) is 18.5. The van der Waals surface area contributed by atoms with E-state index in [0.29, 0.717) is 13.2 Å². The number of aryl methyl sites for hydroxylation is 1. The van der Waals surface area contributed by atoms with E-state index in [4.69, 9.17) is 4.74 Å². The molecule has 28 heavy (non-hydrogen) atoms. The fourth-order valence-electron chi connectivity index (χ4n) is 3.12. The van der Waals surface area contributed by atoms with Crippen LogP contribution in [0.5, 0.6) is 0 Å². The maximum absolute atomic E-state index is 10.8. The highest BCUT2D eigenvalue weighted by Gasteiger charge is 2.13. The van der Waals surface area contributed by atoms with Crippen LogP contribution in [-0.2, 0) is 16.6 Å². The first-order valence-electron chi connectivity index (χ1n) is 11.0. The van der Waals surface area contributed by atoms with E-state index < -0.39 is 0 Å². The Kier molecular flexibility index (Phi) is 13.1. The Hall–Kier alpha value is -1.85. The number of aromatic nitrogens is 2. The smallest absolute Gasteiger partial charge is 0.393 e. The molecule has 0 bridgehead atoms. The number of anilines is 2. The monoisotopic (exact) mass is 393 g/mol. The van der Waals surface area contributed by atoms with Gasteiger partial charge in [0.15, 0.2) is 0 Å². The predicted molar refractivity (Wildman–Crippen MR) is 116 cm³/mol. The lowest BCUT2D eigenvalue weighted by Crippen LogP contribution is -2.38. The molecule has 0 unspecified atom stereocenters. The van der Waals surface area contributed by atoms with Gasteiger partial charge in [-0.1, -0.05) is 69.7 Å². The molecule has 0 aliphatic heterocycles. The van der Waals surface area contributed by atoms with Crippen LogP contribution in [-0.4, -0.2) is 30.6 Å². The van der Waals surface area contributed by atoms with Crippen molar-refractivity contribution in [3.05, 3.63) is 11.8 Å². The van der Waals surface area contributed by atoms with Crippen LogP contribution in [0.25, 0.3) is 0 Å². The molecule has 0 aliphatic rings. The Bertz CT molecular complexity index is 564. The zero-order valence-corrected chi connectivity index (χ0v) is 18.5. The maximum Gasteiger partial charge on any atom is 0.393 e. The number of carbonyl (C=O) groups is 1. The van der Waals surface area contributed by atoms with Gasteiger partial charge in [-0.15, -0.1) is 0 Å². The molecule has 0 spiro atoms. The number of hydrogen-bond donors (Lipinski definition) is 2. The molecule has 0 saturated heterocycles. The van der Waals surface area contributed by atoms with Crippen molar-refractivity contribution in [2.75, 3.05) is 30.3 Å². The SMILES string of the molecule is CCCCCCCCCCCCNc1cc(C)[n+](C)c(NCCOC(C)=O)n1. The molecule has 0 amide bonds. The topological polar surface area (TPSA) is 67.1 Å². The number of ether oxygens (including phenoxy) is 1. The quantitative estimate of drug-likeness (QED) is 0.245. The summed E-state index contributed by atoms with van der Waals surface area (Å²) in [6.07, 6.45) is 13.4. The van der Waals surface area contributed by atoms with Crippen molar-refractivity contribution in [3.63, 3.8) is 0 Å². The summed E-state index contributed by atoms with van der Waals surface area (Å²) in [4.78, 5) is 15.5. The van der Waals surface area contributed by atoms with E-state index in [-0.39, 0.29) is 5.97 Å². The maximum atomic E-state index is 10.8. The van der Waals surface area contributed by atoms with Crippen molar-refractivity contribution < 1.29 is 14.1 Å². The van der Waals surface area contributed by atoms with Gasteiger partial charge in [0, 0.05) is 19.5 Å². The van der Waals surface area contributed by atoms with Gasteiger partial charge in [0.25, 0.3) is 0 Å². The van der Waals surface area contributed by atoms with Gasteiger partial charge in [0.05, 0.1) is 19.3 Å². The van der Waals surface area contributed by atoms with Crippen LogP contribution < -0.4 is 15.2 Å². The Morgan fingerprint density at radius 2 is 1.61 bits per heavy atom. The molecule has 0 aliphatic carbocycles. The number of unbranched alkanes of at least 4 members (excludes halogenated alkanes) is 9. The fourth-order valence-corrected chi connectivity index (χ4v) is 3.12. The number of carbonyl (C=O) groups excluding carboxylic acids is 1. The van der Waals surface area contributed by atoms with Crippen LogP contribution >= 0.6 is 0 Å². The summed E-state index contributed by atoms with van der Waals surface area (Å²) in [6, 6.07) is 2.06. The molecule has 0 atom stereocenters. The summed E-state index contributed by atoms with van der Waals surface area (Å²) < 4.78 is 6.95. The minimum atomic E-state index is -0.262. The molecule has 160 valence electrons. The van der Waals surface area contributed by atoms with E-state index in [1.54, 1.807) is 0 Å². The number of nitrogens with one attached hydrogen (secondary N) is 2.